The van der Waals surface area contributed by atoms with Crippen LogP contribution in [0.15, 0.2) is 122 Å². The number of rotatable bonds is 0. The highest BCUT2D eigenvalue weighted by molar-refractivity contribution is 5.23. The van der Waals surface area contributed by atoms with Gasteiger partial charge in [0.05, 0.1) is 0 Å². The van der Waals surface area contributed by atoms with Gasteiger partial charge in [-0.15, -0.1) is 0 Å². The largest absolute Gasteiger partial charge is 0.619 e. The van der Waals surface area contributed by atoms with Crippen LogP contribution >= 0.6 is 0 Å². The van der Waals surface area contributed by atoms with E-state index in [2.05, 4.69) is 48.1 Å². The van der Waals surface area contributed by atoms with E-state index >= 15 is 0 Å². The highest BCUT2D eigenvalue weighted by Gasteiger charge is 1.89. The summed E-state index contributed by atoms with van der Waals surface area (Å²) >= 11 is 0. The Balaban J connectivity index is 0.000000238. The first kappa shape index (κ1) is 31.6. The average Bonchev–Trinajstić information content (AvgIpc) is 2.92. The quantitative estimate of drug-likeness (QED) is 0.157. The molecule has 0 N–H and O–H groups in total. The third-order valence-corrected chi connectivity index (χ3v) is 5.13. The minimum Gasteiger partial charge on any atom is -0.619 e. The molecule has 0 unspecified atom stereocenters. The summed E-state index contributed by atoms with van der Waals surface area (Å²) in [7, 11) is 0. The van der Waals surface area contributed by atoms with Crippen LogP contribution in [-0.2, 0) is 0 Å². The maximum atomic E-state index is 12.3. The Kier molecular flexibility index (Phi) is 15.7. The number of nitrogens with zero attached hydrogens (tertiary/aromatic N) is 3. The van der Waals surface area contributed by atoms with Gasteiger partial charge in [0, 0.05) is 36.9 Å². The Morgan fingerprint density at radius 3 is 1.32 bits per heavy atom. The summed E-state index contributed by atoms with van der Waals surface area (Å²) in [5.74, 6) is -0.132. The number of hydrogen-bond donors (Lipinski definition) is 0. The predicted molar refractivity (Wildman–Crippen MR) is 155 cm³/mol. The topological polar surface area (TPSA) is 52.7 Å². The second-order valence-corrected chi connectivity index (χ2v) is 8.62. The molecule has 0 saturated heterocycles. The lowest BCUT2D eigenvalue weighted by Crippen LogP contribution is -2.23. The van der Waals surface area contributed by atoms with Crippen molar-refractivity contribution >= 4 is 0 Å². The fourth-order valence-electron chi connectivity index (χ4n) is 2.58. The summed E-state index contributed by atoms with van der Waals surface area (Å²) in [6, 6.07) is 26.5. The number of hydrogen-bond acceptors (Lipinski definition) is 3. The Morgan fingerprint density at radius 2 is 1.03 bits per heavy atom. The smallest absolute Gasteiger partial charge is 0.180 e. The van der Waals surface area contributed by atoms with Crippen LogP contribution in [0.25, 0.3) is 0 Å². The third kappa shape index (κ3) is 15.6. The van der Waals surface area contributed by atoms with E-state index in [9.17, 15) is 9.60 Å². The maximum Gasteiger partial charge on any atom is 0.180 e. The summed E-state index contributed by atoms with van der Waals surface area (Å²) in [5, 5.41) is 10.3. The summed E-state index contributed by atoms with van der Waals surface area (Å²) in [4.78, 5) is 7.73. The Labute approximate surface area is 227 Å². The monoisotopic (exact) mass is 511 g/mol. The van der Waals surface area contributed by atoms with Crippen LogP contribution in [0.2, 0.25) is 0 Å². The normalized spacial score (nSPS) is 9.03. The van der Waals surface area contributed by atoms with Crippen LogP contribution in [0, 0.1) is 52.6 Å². The van der Waals surface area contributed by atoms with Gasteiger partial charge in [-0.25, -0.2) is 4.39 Å². The standard InChI is InChI=1S/C8H10.C7H7F.C6H7NO.2C6H7N/c1-7-5-3-4-6-8(7)2;1-6-4-2-3-5-7(6)8;1-6-2-4-7(8)5-3-6;1-6-2-4-7-5-3-6;1-6-3-2-4-7-5-6/h3-6H,1-2H3;2*2-5H,1H3;2*2-5H,1H3. The van der Waals surface area contributed by atoms with Crippen LogP contribution in [-0.4, -0.2) is 9.97 Å². The molecule has 0 radical (unpaired) electrons. The summed E-state index contributed by atoms with van der Waals surface area (Å²) in [5.41, 5.74) is 7.02. The minimum absolute atomic E-state index is 0.132. The number of halogens is 1. The van der Waals surface area contributed by atoms with Crippen LogP contribution in [0.4, 0.5) is 4.39 Å². The average molecular weight is 512 g/mol. The van der Waals surface area contributed by atoms with E-state index < -0.39 is 0 Å². The van der Waals surface area contributed by atoms with Crippen molar-refractivity contribution in [3.63, 3.8) is 0 Å². The molecular formula is C33H38FN3O. The second-order valence-electron chi connectivity index (χ2n) is 8.62. The third-order valence-electron chi connectivity index (χ3n) is 5.13. The van der Waals surface area contributed by atoms with Gasteiger partial charge in [0.25, 0.3) is 0 Å². The van der Waals surface area contributed by atoms with Gasteiger partial charge >= 0.3 is 0 Å². The van der Waals surface area contributed by atoms with Gasteiger partial charge in [0.1, 0.15) is 5.82 Å². The molecule has 0 fully saturated rings. The van der Waals surface area contributed by atoms with Crippen molar-refractivity contribution in [1.29, 1.82) is 0 Å². The van der Waals surface area contributed by atoms with E-state index in [0.717, 1.165) is 10.3 Å². The van der Waals surface area contributed by atoms with Gasteiger partial charge < -0.3 is 5.21 Å². The molecule has 0 atom stereocenters. The molecule has 4 nitrogen and oxygen atoms in total. The zero-order valence-electron chi connectivity index (χ0n) is 23.2. The summed E-state index contributed by atoms with van der Waals surface area (Å²) in [6.07, 6.45) is 10.1. The molecule has 0 bridgehead atoms. The van der Waals surface area contributed by atoms with Crippen molar-refractivity contribution in [2.24, 2.45) is 0 Å². The molecule has 5 heteroatoms. The number of aromatic nitrogens is 3. The lowest BCUT2D eigenvalue weighted by atomic mass is 10.1. The fourth-order valence-corrected chi connectivity index (χ4v) is 2.58. The zero-order chi connectivity index (χ0) is 28.2. The minimum atomic E-state index is -0.132. The van der Waals surface area contributed by atoms with E-state index in [1.807, 2.05) is 57.3 Å². The highest BCUT2D eigenvalue weighted by atomic mass is 19.1. The van der Waals surface area contributed by atoms with E-state index in [0.29, 0.717) is 5.56 Å². The van der Waals surface area contributed by atoms with Crippen LogP contribution < -0.4 is 4.73 Å². The molecular weight excluding hydrogens is 473 g/mol. The van der Waals surface area contributed by atoms with Gasteiger partial charge in [-0.05, 0) is 99.2 Å². The molecule has 0 aliphatic rings. The molecule has 5 rings (SSSR count). The zero-order valence-corrected chi connectivity index (χ0v) is 23.2. The molecule has 5 aromatic rings. The first-order valence-corrected chi connectivity index (χ1v) is 12.3. The molecule has 0 aliphatic heterocycles. The lowest BCUT2D eigenvalue weighted by Gasteiger charge is -1.93. The van der Waals surface area contributed by atoms with E-state index in [4.69, 9.17) is 0 Å². The summed E-state index contributed by atoms with van der Waals surface area (Å²) < 4.78 is 13.1. The molecule has 3 heterocycles. The van der Waals surface area contributed by atoms with E-state index in [-0.39, 0.29) is 5.82 Å². The molecule has 0 aliphatic carbocycles. The first-order valence-electron chi connectivity index (χ1n) is 12.3. The molecule has 0 amide bonds. The van der Waals surface area contributed by atoms with Gasteiger partial charge in [-0.2, -0.15) is 4.73 Å². The van der Waals surface area contributed by atoms with Crippen LogP contribution in [0.3, 0.4) is 0 Å². The van der Waals surface area contributed by atoms with Crippen molar-refractivity contribution in [3.05, 3.63) is 167 Å². The van der Waals surface area contributed by atoms with Crippen LogP contribution in [0.5, 0.6) is 0 Å². The van der Waals surface area contributed by atoms with Gasteiger partial charge in [-0.1, -0.05) is 48.5 Å². The number of pyridine rings is 3. The predicted octanol–water partition coefficient (Wildman–Crippen LogP) is 7.85. The van der Waals surface area contributed by atoms with Crippen molar-refractivity contribution in [2.45, 2.75) is 41.5 Å². The van der Waals surface area contributed by atoms with Crippen LogP contribution in [0.1, 0.15) is 33.4 Å². The first-order chi connectivity index (χ1) is 18.2. The molecule has 38 heavy (non-hydrogen) atoms. The SMILES string of the molecule is Cc1cc[n+]([O-])cc1.Cc1ccccc1C.Cc1ccccc1F.Cc1cccnc1.Cc1ccncc1. The second kappa shape index (κ2) is 18.8. The van der Waals surface area contributed by atoms with Crippen molar-refractivity contribution < 1.29 is 9.12 Å². The lowest BCUT2D eigenvalue weighted by molar-refractivity contribution is -0.605. The maximum absolute atomic E-state index is 12.3. The molecule has 198 valence electrons. The van der Waals surface area contributed by atoms with E-state index in [1.165, 1.54) is 40.7 Å². The Bertz CT molecular complexity index is 1130. The van der Waals surface area contributed by atoms with Crippen molar-refractivity contribution in [3.8, 4) is 0 Å². The molecule has 0 saturated carbocycles. The highest BCUT2D eigenvalue weighted by Crippen LogP contribution is 2.03. The molecule has 0 spiro atoms. The van der Waals surface area contributed by atoms with Crippen molar-refractivity contribution in [2.75, 3.05) is 0 Å². The van der Waals surface area contributed by atoms with Gasteiger partial charge in [-0.3, -0.25) is 9.97 Å². The summed E-state index contributed by atoms with van der Waals surface area (Å²) in [6.45, 7) is 12.0. The number of benzene rings is 2. The Hall–Kier alpha value is -4.38. The Morgan fingerprint density at radius 1 is 0.526 bits per heavy atom. The van der Waals surface area contributed by atoms with Gasteiger partial charge in [0.15, 0.2) is 12.4 Å². The molecule has 2 aromatic carbocycles. The molecule has 3 aromatic heterocycles. The van der Waals surface area contributed by atoms with E-state index in [1.54, 1.807) is 49.8 Å². The van der Waals surface area contributed by atoms with Crippen molar-refractivity contribution in [1.82, 2.24) is 9.97 Å². The number of aryl methyl sites for hydroxylation is 6. The van der Waals surface area contributed by atoms with Gasteiger partial charge in [0.2, 0.25) is 0 Å². The fraction of sp³-hybridized carbons (Fsp3) is 0.182.